The fourth-order valence-corrected chi connectivity index (χ4v) is 3.87. The van der Waals surface area contributed by atoms with E-state index in [1.807, 2.05) is 41.0 Å². The first-order valence-electron chi connectivity index (χ1n) is 9.79. The number of rotatable bonds is 6. The molecule has 2 atom stereocenters. The quantitative estimate of drug-likeness (QED) is 0.652. The molecule has 8 nitrogen and oxygen atoms in total. The van der Waals surface area contributed by atoms with Crippen LogP contribution in [0.3, 0.4) is 0 Å². The Morgan fingerprint density at radius 2 is 2.07 bits per heavy atom. The Hall–Kier alpha value is -3.55. The number of methoxy groups -OCH3 is 2. The van der Waals surface area contributed by atoms with Crippen LogP contribution in [0.25, 0.3) is 11.0 Å². The van der Waals surface area contributed by atoms with Crippen LogP contribution in [0.1, 0.15) is 24.4 Å². The van der Waals surface area contributed by atoms with Crippen LogP contribution in [0.15, 0.2) is 48.8 Å². The Labute approximate surface area is 174 Å². The number of nitrogens with one attached hydrogen (secondary N) is 2. The zero-order chi connectivity index (χ0) is 21.1. The normalized spacial score (nSPS) is 18.7. The summed E-state index contributed by atoms with van der Waals surface area (Å²) < 4.78 is 12.6. The van der Waals surface area contributed by atoms with E-state index >= 15 is 0 Å². The molecule has 1 aromatic heterocycles. The number of hydrogen-bond donors (Lipinski definition) is 2. The number of amides is 2. The lowest BCUT2D eigenvalue weighted by molar-refractivity contribution is -0.127. The zero-order valence-electron chi connectivity index (χ0n) is 16.9. The smallest absolute Gasteiger partial charge is 0.240 e. The van der Waals surface area contributed by atoms with E-state index in [2.05, 4.69) is 15.6 Å². The van der Waals surface area contributed by atoms with Gasteiger partial charge in [0.2, 0.25) is 11.8 Å². The molecule has 1 aliphatic rings. The van der Waals surface area contributed by atoms with Crippen molar-refractivity contribution in [1.82, 2.24) is 20.2 Å². The van der Waals surface area contributed by atoms with Gasteiger partial charge in [0, 0.05) is 18.1 Å². The topological polar surface area (TPSA) is 94.5 Å². The average molecular weight is 408 g/mol. The Kier molecular flexibility index (Phi) is 5.56. The molecule has 2 N–H and O–H groups in total. The molecule has 30 heavy (non-hydrogen) atoms. The van der Waals surface area contributed by atoms with Gasteiger partial charge in [-0.15, -0.1) is 0 Å². The van der Waals surface area contributed by atoms with E-state index in [0.717, 1.165) is 16.6 Å². The van der Waals surface area contributed by atoms with Gasteiger partial charge in [-0.25, -0.2) is 4.98 Å². The predicted octanol–water partition coefficient (Wildman–Crippen LogP) is 2.19. The van der Waals surface area contributed by atoms with E-state index < -0.39 is 6.04 Å². The molecule has 8 heteroatoms. The van der Waals surface area contributed by atoms with Gasteiger partial charge in [-0.1, -0.05) is 12.1 Å². The summed E-state index contributed by atoms with van der Waals surface area (Å²) in [5.41, 5.74) is 2.54. The lowest BCUT2D eigenvalue weighted by Crippen LogP contribution is -2.50. The maximum Gasteiger partial charge on any atom is 0.240 e. The van der Waals surface area contributed by atoms with Crippen LogP contribution in [0.2, 0.25) is 0 Å². The van der Waals surface area contributed by atoms with Crippen molar-refractivity contribution in [2.45, 2.75) is 31.5 Å². The van der Waals surface area contributed by atoms with E-state index in [1.165, 1.54) is 0 Å². The second-order valence-corrected chi connectivity index (χ2v) is 7.23. The zero-order valence-corrected chi connectivity index (χ0v) is 16.9. The van der Waals surface area contributed by atoms with E-state index in [1.54, 1.807) is 26.6 Å². The van der Waals surface area contributed by atoms with Gasteiger partial charge in [0.15, 0.2) is 0 Å². The van der Waals surface area contributed by atoms with Crippen molar-refractivity contribution in [3.05, 3.63) is 54.4 Å². The summed E-state index contributed by atoms with van der Waals surface area (Å²) in [4.78, 5) is 29.2. The highest BCUT2D eigenvalue weighted by Gasteiger charge is 2.33. The average Bonchev–Trinajstić information content (AvgIpc) is 3.17. The van der Waals surface area contributed by atoms with Gasteiger partial charge in [-0.3, -0.25) is 9.59 Å². The first-order valence-corrected chi connectivity index (χ1v) is 9.79. The van der Waals surface area contributed by atoms with Crippen LogP contribution >= 0.6 is 0 Å². The molecule has 1 saturated heterocycles. The van der Waals surface area contributed by atoms with Crippen molar-refractivity contribution in [3.63, 3.8) is 0 Å². The number of piperidine rings is 1. The highest BCUT2D eigenvalue weighted by atomic mass is 16.5. The molecule has 0 radical (unpaired) electrons. The number of fused-ring (bicyclic) bond motifs is 1. The second kappa shape index (κ2) is 8.44. The summed E-state index contributed by atoms with van der Waals surface area (Å²) in [7, 11) is 3.15. The molecule has 2 amide bonds. The summed E-state index contributed by atoms with van der Waals surface area (Å²) in [6.07, 6.45) is 2.56. The molecule has 0 aliphatic carbocycles. The van der Waals surface area contributed by atoms with Gasteiger partial charge >= 0.3 is 0 Å². The van der Waals surface area contributed by atoms with Crippen molar-refractivity contribution in [3.8, 4) is 11.5 Å². The third kappa shape index (κ3) is 3.94. The molecular weight excluding hydrogens is 384 g/mol. The molecule has 1 aliphatic heterocycles. The molecule has 3 aromatic rings. The number of imidazole rings is 1. The standard InChI is InChI=1S/C22H24N4O4/c1-29-14-7-8-15(19(11-14)30-2)22-17(9-10-20(27)25-22)24-21(28)12-26-13-23-16-5-3-4-6-18(16)26/h3-8,11,13,17,22H,9-10,12H2,1-2H3,(H,24,28)(H,25,27). The Bertz CT molecular complexity index is 1080. The Balaban J connectivity index is 1.54. The lowest BCUT2D eigenvalue weighted by Gasteiger charge is -2.34. The van der Waals surface area contributed by atoms with E-state index in [4.69, 9.17) is 9.47 Å². The number of benzene rings is 2. The molecule has 0 spiro atoms. The molecule has 1 fully saturated rings. The van der Waals surface area contributed by atoms with Crippen LogP contribution in [-0.2, 0) is 16.1 Å². The fourth-order valence-electron chi connectivity index (χ4n) is 3.87. The highest BCUT2D eigenvalue weighted by molar-refractivity contribution is 5.82. The number of carbonyl (C=O) groups is 2. The van der Waals surface area contributed by atoms with E-state index in [-0.39, 0.29) is 24.4 Å². The minimum Gasteiger partial charge on any atom is -0.497 e. The number of para-hydroxylation sites is 2. The molecule has 0 saturated carbocycles. The van der Waals surface area contributed by atoms with E-state index in [0.29, 0.717) is 24.3 Å². The van der Waals surface area contributed by atoms with Crippen LogP contribution in [0.4, 0.5) is 0 Å². The van der Waals surface area contributed by atoms with Crippen molar-refractivity contribution in [1.29, 1.82) is 0 Å². The molecular formula is C22H24N4O4. The summed E-state index contributed by atoms with van der Waals surface area (Å²) in [6, 6.07) is 12.5. The van der Waals surface area contributed by atoms with Crippen molar-refractivity contribution in [2.24, 2.45) is 0 Å². The number of hydrogen-bond acceptors (Lipinski definition) is 5. The Morgan fingerprint density at radius 1 is 1.23 bits per heavy atom. The summed E-state index contributed by atoms with van der Waals surface area (Å²) in [5.74, 6) is 1.06. The molecule has 2 unspecified atom stereocenters. The summed E-state index contributed by atoms with van der Waals surface area (Å²) in [6.45, 7) is 0.150. The van der Waals surface area contributed by atoms with Crippen LogP contribution in [0, 0.1) is 0 Å². The minimum atomic E-state index is -0.393. The third-order valence-corrected chi connectivity index (χ3v) is 5.36. The van der Waals surface area contributed by atoms with Gasteiger partial charge in [-0.2, -0.15) is 0 Å². The first kappa shape index (κ1) is 19.8. The molecule has 2 heterocycles. The first-order chi connectivity index (χ1) is 14.6. The van der Waals surface area contributed by atoms with Crippen molar-refractivity contribution in [2.75, 3.05) is 14.2 Å². The van der Waals surface area contributed by atoms with Crippen molar-refractivity contribution >= 4 is 22.8 Å². The number of nitrogens with zero attached hydrogens (tertiary/aromatic N) is 2. The number of carbonyl (C=O) groups excluding carboxylic acids is 2. The van der Waals surface area contributed by atoms with Crippen LogP contribution in [-0.4, -0.2) is 41.6 Å². The number of aromatic nitrogens is 2. The SMILES string of the molecule is COc1ccc(C2NC(=O)CCC2NC(=O)Cn2cnc3ccccc32)c(OC)c1. The maximum atomic E-state index is 12.8. The lowest BCUT2D eigenvalue weighted by atomic mass is 9.91. The molecule has 0 bridgehead atoms. The second-order valence-electron chi connectivity index (χ2n) is 7.23. The van der Waals surface area contributed by atoms with Crippen LogP contribution in [0.5, 0.6) is 11.5 Å². The van der Waals surface area contributed by atoms with Gasteiger partial charge < -0.3 is 24.7 Å². The summed E-state index contributed by atoms with van der Waals surface area (Å²) >= 11 is 0. The fraction of sp³-hybridized carbons (Fsp3) is 0.318. The van der Waals surface area contributed by atoms with Crippen molar-refractivity contribution < 1.29 is 19.1 Å². The molecule has 2 aromatic carbocycles. The largest absolute Gasteiger partial charge is 0.497 e. The molecule has 156 valence electrons. The van der Waals surface area contributed by atoms with Gasteiger partial charge in [0.25, 0.3) is 0 Å². The third-order valence-electron chi connectivity index (χ3n) is 5.36. The van der Waals surface area contributed by atoms with E-state index in [9.17, 15) is 9.59 Å². The van der Waals surface area contributed by atoms with Gasteiger partial charge in [-0.05, 0) is 30.7 Å². The monoisotopic (exact) mass is 408 g/mol. The van der Waals surface area contributed by atoms with Gasteiger partial charge in [0.1, 0.15) is 18.0 Å². The van der Waals surface area contributed by atoms with Gasteiger partial charge in [0.05, 0.1) is 43.7 Å². The highest BCUT2D eigenvalue weighted by Crippen LogP contribution is 2.34. The minimum absolute atomic E-state index is 0.0519. The van der Waals surface area contributed by atoms with Crippen LogP contribution < -0.4 is 20.1 Å². The Morgan fingerprint density at radius 3 is 2.87 bits per heavy atom. The molecule has 4 rings (SSSR count). The number of ether oxygens (including phenoxy) is 2. The summed E-state index contributed by atoms with van der Waals surface area (Å²) in [5, 5.41) is 6.08. The predicted molar refractivity (Wildman–Crippen MR) is 111 cm³/mol. The maximum absolute atomic E-state index is 12.8.